The third kappa shape index (κ3) is 4.82. The van der Waals surface area contributed by atoms with Gasteiger partial charge in [0.25, 0.3) is 5.91 Å². The maximum atomic E-state index is 13.6. The van der Waals surface area contributed by atoms with Crippen molar-refractivity contribution in [2.75, 3.05) is 58.4 Å². The maximum absolute atomic E-state index is 13.6. The number of fused-ring (bicyclic) bond motifs is 1. The minimum absolute atomic E-state index is 0.0149. The summed E-state index contributed by atoms with van der Waals surface area (Å²) in [6, 6.07) is 6.15. The summed E-state index contributed by atoms with van der Waals surface area (Å²) < 4.78 is 11.1. The second-order valence-corrected chi connectivity index (χ2v) is 9.63. The number of Topliss-reactive ketones (excluding diaryl/α,β-unsaturated/α-hetero) is 1. The van der Waals surface area contributed by atoms with Crippen LogP contribution in [0.15, 0.2) is 24.3 Å². The Bertz CT molecular complexity index is 899. The summed E-state index contributed by atoms with van der Waals surface area (Å²) in [5, 5.41) is 2.95. The predicted octanol–water partition coefficient (Wildman–Crippen LogP) is 0.777. The lowest BCUT2D eigenvalue weighted by Gasteiger charge is -2.34. The van der Waals surface area contributed by atoms with Crippen LogP contribution in [0.5, 0.6) is 0 Å². The van der Waals surface area contributed by atoms with Crippen LogP contribution in [0.3, 0.4) is 0 Å². The largest absolute Gasteiger partial charge is 0.377 e. The second-order valence-electron chi connectivity index (χ2n) is 9.63. The molecular weight excluding hydrogens is 436 g/mol. The van der Waals surface area contributed by atoms with Crippen molar-refractivity contribution in [1.82, 2.24) is 15.1 Å². The first-order chi connectivity index (χ1) is 16.3. The number of ether oxygens (including phenoxy) is 2. The van der Waals surface area contributed by atoms with Crippen LogP contribution in [-0.2, 0) is 19.1 Å². The van der Waals surface area contributed by atoms with Crippen molar-refractivity contribution in [3.05, 3.63) is 29.8 Å². The number of methoxy groups -OCH3 is 1. The Morgan fingerprint density at radius 3 is 2.47 bits per heavy atom. The van der Waals surface area contributed by atoms with Crippen LogP contribution >= 0.6 is 0 Å². The van der Waals surface area contributed by atoms with E-state index in [1.807, 2.05) is 38.1 Å². The van der Waals surface area contributed by atoms with Crippen LogP contribution in [0.1, 0.15) is 30.6 Å². The molecule has 0 bridgehead atoms. The van der Waals surface area contributed by atoms with Crippen LogP contribution in [-0.4, -0.2) is 105 Å². The smallest absolute Gasteiger partial charge is 0.251 e. The Morgan fingerprint density at radius 1 is 1.18 bits per heavy atom. The molecule has 1 aromatic rings. The summed E-state index contributed by atoms with van der Waals surface area (Å²) in [5.74, 6) is -0.771. The van der Waals surface area contributed by atoms with E-state index in [2.05, 4.69) is 22.2 Å². The standard InChI is InChI=1S/C25H36N4O5/c1-5-16(2)21(25(32)29-14-20(33-4)23-22(29)19(30)15-34-23)26-24(31)17-6-8-18(9-7-17)28-12-10-27(3)11-13-28/h6-9,16,20-23H,5,10-15H2,1-4H3,(H,26,31)/t16?,20-,21-,22+,23+/m0/s1. The third-order valence-corrected chi connectivity index (χ3v) is 7.49. The van der Waals surface area contributed by atoms with E-state index in [9.17, 15) is 14.4 Å². The molecule has 1 unspecified atom stereocenters. The summed E-state index contributed by atoms with van der Waals surface area (Å²) in [7, 11) is 3.68. The van der Waals surface area contributed by atoms with Gasteiger partial charge < -0.3 is 29.5 Å². The van der Waals surface area contributed by atoms with Gasteiger partial charge in [-0.05, 0) is 37.2 Å². The summed E-state index contributed by atoms with van der Waals surface area (Å²) in [4.78, 5) is 45.3. The molecule has 0 aromatic heterocycles. The fourth-order valence-corrected chi connectivity index (χ4v) is 5.02. The van der Waals surface area contributed by atoms with Crippen molar-refractivity contribution in [1.29, 1.82) is 0 Å². The highest BCUT2D eigenvalue weighted by atomic mass is 16.5. The Hall–Kier alpha value is -2.49. The van der Waals surface area contributed by atoms with Gasteiger partial charge in [0.05, 0.1) is 6.54 Å². The molecule has 2 amide bonds. The number of carbonyl (C=O) groups excluding carboxylic acids is 3. The Kier molecular flexibility index (Phi) is 7.54. The highest BCUT2D eigenvalue weighted by Gasteiger charge is 2.53. The van der Waals surface area contributed by atoms with Gasteiger partial charge >= 0.3 is 0 Å². The average Bonchev–Trinajstić information content (AvgIpc) is 3.42. The number of benzene rings is 1. The first-order valence-corrected chi connectivity index (χ1v) is 12.2. The van der Waals surface area contributed by atoms with E-state index in [0.29, 0.717) is 12.0 Å². The van der Waals surface area contributed by atoms with E-state index >= 15 is 0 Å². The Morgan fingerprint density at radius 2 is 1.85 bits per heavy atom. The van der Waals surface area contributed by atoms with E-state index in [0.717, 1.165) is 31.9 Å². The van der Waals surface area contributed by atoms with E-state index in [1.165, 1.54) is 0 Å². The van der Waals surface area contributed by atoms with Crippen LogP contribution in [0.2, 0.25) is 0 Å². The first-order valence-electron chi connectivity index (χ1n) is 12.2. The van der Waals surface area contributed by atoms with Crippen LogP contribution in [0.4, 0.5) is 5.69 Å². The minimum Gasteiger partial charge on any atom is -0.377 e. The molecule has 186 valence electrons. The van der Waals surface area contributed by atoms with Crippen molar-refractivity contribution in [2.24, 2.45) is 5.92 Å². The minimum atomic E-state index is -0.737. The summed E-state index contributed by atoms with van der Waals surface area (Å²) in [6.07, 6.45) is -0.0910. The van der Waals surface area contributed by atoms with Gasteiger partial charge in [-0.25, -0.2) is 0 Å². The van der Waals surface area contributed by atoms with Crippen LogP contribution < -0.4 is 10.2 Å². The number of carbonyl (C=O) groups is 3. The number of piperazine rings is 1. The molecule has 3 heterocycles. The number of likely N-dealkylation sites (tertiary alicyclic amines) is 1. The van der Waals surface area contributed by atoms with Crippen LogP contribution in [0.25, 0.3) is 0 Å². The number of likely N-dealkylation sites (N-methyl/N-ethyl adjacent to an activating group) is 1. The molecular formula is C25H36N4O5. The van der Waals surface area contributed by atoms with Gasteiger partial charge in [-0.15, -0.1) is 0 Å². The zero-order chi connectivity index (χ0) is 24.4. The molecule has 0 radical (unpaired) electrons. The molecule has 3 aliphatic heterocycles. The molecule has 9 heteroatoms. The quantitative estimate of drug-likeness (QED) is 0.627. The van der Waals surface area contributed by atoms with Crippen molar-refractivity contribution in [2.45, 2.75) is 44.6 Å². The number of nitrogens with zero attached hydrogens (tertiary/aromatic N) is 3. The molecule has 5 atom stereocenters. The van der Waals surface area contributed by atoms with Gasteiger partial charge in [-0.3, -0.25) is 14.4 Å². The highest BCUT2D eigenvalue weighted by Crippen LogP contribution is 2.30. The number of hydrogen-bond acceptors (Lipinski definition) is 7. The van der Waals surface area contributed by atoms with Crippen molar-refractivity contribution < 1.29 is 23.9 Å². The number of anilines is 1. The summed E-state index contributed by atoms with van der Waals surface area (Å²) >= 11 is 0. The zero-order valence-electron chi connectivity index (χ0n) is 20.5. The lowest BCUT2D eigenvalue weighted by Crippen LogP contribution is -2.54. The molecule has 3 fully saturated rings. The molecule has 0 aliphatic carbocycles. The molecule has 1 aromatic carbocycles. The SMILES string of the molecule is CCC(C)[C@H](NC(=O)c1ccc(N2CCN(C)CC2)cc1)C(=O)N1C[C@H](OC)[C@H]2OCC(=O)[C@H]21. The lowest BCUT2D eigenvalue weighted by atomic mass is 9.96. The number of amides is 2. The fraction of sp³-hybridized carbons (Fsp3) is 0.640. The topological polar surface area (TPSA) is 91.4 Å². The summed E-state index contributed by atoms with van der Waals surface area (Å²) in [5.41, 5.74) is 1.60. The normalized spacial score (nSPS) is 26.9. The van der Waals surface area contributed by atoms with Gasteiger partial charge in [-0.1, -0.05) is 20.3 Å². The molecule has 9 nitrogen and oxygen atoms in total. The lowest BCUT2D eigenvalue weighted by molar-refractivity contribution is -0.139. The van der Waals surface area contributed by atoms with E-state index in [4.69, 9.17) is 9.47 Å². The highest BCUT2D eigenvalue weighted by molar-refractivity contribution is 5.99. The Balaban J connectivity index is 1.46. The van der Waals surface area contributed by atoms with Gasteiger partial charge in [0.1, 0.15) is 30.9 Å². The van der Waals surface area contributed by atoms with Crippen LogP contribution in [0, 0.1) is 5.92 Å². The molecule has 3 saturated heterocycles. The van der Waals surface area contributed by atoms with Gasteiger partial charge in [0, 0.05) is 44.5 Å². The average molecular weight is 473 g/mol. The number of ketones is 1. The number of nitrogens with one attached hydrogen (secondary N) is 1. The fourth-order valence-electron chi connectivity index (χ4n) is 5.02. The molecule has 3 aliphatic rings. The number of rotatable bonds is 7. The molecule has 0 saturated carbocycles. The van der Waals surface area contributed by atoms with E-state index in [1.54, 1.807) is 12.0 Å². The number of hydrogen-bond donors (Lipinski definition) is 1. The molecule has 1 N–H and O–H groups in total. The predicted molar refractivity (Wildman–Crippen MR) is 128 cm³/mol. The van der Waals surface area contributed by atoms with Crippen molar-refractivity contribution in [3.8, 4) is 0 Å². The molecule has 34 heavy (non-hydrogen) atoms. The van der Waals surface area contributed by atoms with Crippen molar-refractivity contribution >= 4 is 23.3 Å². The van der Waals surface area contributed by atoms with E-state index < -0.39 is 18.2 Å². The maximum Gasteiger partial charge on any atom is 0.251 e. The van der Waals surface area contributed by atoms with Crippen molar-refractivity contribution in [3.63, 3.8) is 0 Å². The van der Waals surface area contributed by atoms with Gasteiger partial charge in [0.2, 0.25) is 5.91 Å². The van der Waals surface area contributed by atoms with E-state index in [-0.39, 0.29) is 42.8 Å². The molecule has 0 spiro atoms. The first kappa shape index (κ1) is 24.6. The van der Waals surface area contributed by atoms with Gasteiger partial charge in [0.15, 0.2) is 5.78 Å². The second kappa shape index (κ2) is 10.4. The van der Waals surface area contributed by atoms with Gasteiger partial charge in [-0.2, -0.15) is 0 Å². The molecule has 4 rings (SSSR count). The Labute approximate surface area is 201 Å². The third-order valence-electron chi connectivity index (χ3n) is 7.49. The summed E-state index contributed by atoms with van der Waals surface area (Å²) in [6.45, 7) is 8.11. The monoisotopic (exact) mass is 472 g/mol. The zero-order valence-corrected chi connectivity index (χ0v) is 20.5.